The molecular weight excluding hydrogens is 272 g/mol. The van der Waals surface area contributed by atoms with E-state index in [1.807, 2.05) is 31.2 Å². The topological polar surface area (TPSA) is 50.3 Å². The fourth-order valence-corrected chi connectivity index (χ4v) is 3.07. The van der Waals surface area contributed by atoms with Crippen molar-refractivity contribution in [1.29, 1.82) is 0 Å². The van der Waals surface area contributed by atoms with E-state index in [2.05, 4.69) is 4.98 Å². The van der Waals surface area contributed by atoms with Crippen LogP contribution < -0.4 is 0 Å². The van der Waals surface area contributed by atoms with Crippen LogP contribution in [0, 0.1) is 0 Å². The Balaban J connectivity index is 2.20. The van der Waals surface area contributed by atoms with E-state index >= 15 is 0 Å². The van der Waals surface area contributed by atoms with Gasteiger partial charge in [0.15, 0.2) is 0 Å². The van der Waals surface area contributed by atoms with Crippen LogP contribution in [0.4, 0.5) is 0 Å². The van der Waals surface area contributed by atoms with Crippen molar-refractivity contribution in [2.24, 2.45) is 0 Å². The summed E-state index contributed by atoms with van der Waals surface area (Å²) < 4.78 is 26.2. The molecule has 0 N–H and O–H groups in total. The maximum Gasteiger partial charge on any atom is 0.243 e. The second kappa shape index (κ2) is 6.15. The van der Waals surface area contributed by atoms with Crippen molar-refractivity contribution >= 4 is 10.0 Å². The van der Waals surface area contributed by atoms with Gasteiger partial charge in [-0.25, -0.2) is 8.42 Å². The van der Waals surface area contributed by atoms with Crippen LogP contribution in [0.5, 0.6) is 0 Å². The molecule has 0 unspecified atom stereocenters. The Morgan fingerprint density at radius 3 is 2.15 bits per heavy atom. The lowest BCUT2D eigenvalue weighted by molar-refractivity contribution is 0.466. The zero-order chi connectivity index (χ0) is 14.6. The van der Waals surface area contributed by atoms with Crippen molar-refractivity contribution in [3.8, 4) is 0 Å². The van der Waals surface area contributed by atoms with E-state index in [1.165, 1.54) is 4.31 Å². The van der Waals surface area contributed by atoms with E-state index < -0.39 is 10.0 Å². The molecule has 0 amide bonds. The second-order valence-electron chi connectivity index (χ2n) is 4.61. The standard InChI is InChI=1S/C15H18N2O2S/c1-3-13-4-6-15(7-5-13)20(18,19)17(2)12-14-8-10-16-11-9-14/h4-11H,3,12H2,1-2H3. The summed E-state index contributed by atoms with van der Waals surface area (Å²) in [7, 11) is -1.86. The summed E-state index contributed by atoms with van der Waals surface area (Å²) >= 11 is 0. The molecule has 5 heteroatoms. The lowest BCUT2D eigenvalue weighted by Crippen LogP contribution is -2.26. The maximum absolute atomic E-state index is 12.4. The summed E-state index contributed by atoms with van der Waals surface area (Å²) in [5.74, 6) is 0. The normalized spacial score (nSPS) is 11.8. The molecule has 106 valence electrons. The van der Waals surface area contributed by atoms with Gasteiger partial charge in [-0.05, 0) is 41.8 Å². The summed E-state index contributed by atoms with van der Waals surface area (Å²) in [5.41, 5.74) is 2.04. The van der Waals surface area contributed by atoms with Gasteiger partial charge in [0, 0.05) is 26.0 Å². The number of benzene rings is 1. The number of pyridine rings is 1. The molecule has 0 atom stereocenters. The van der Waals surface area contributed by atoms with Gasteiger partial charge in [-0.1, -0.05) is 19.1 Å². The van der Waals surface area contributed by atoms with Crippen LogP contribution >= 0.6 is 0 Å². The fraction of sp³-hybridized carbons (Fsp3) is 0.267. The largest absolute Gasteiger partial charge is 0.265 e. The number of sulfonamides is 1. The lowest BCUT2D eigenvalue weighted by atomic mass is 10.2. The zero-order valence-electron chi connectivity index (χ0n) is 11.7. The first kappa shape index (κ1) is 14.7. The van der Waals surface area contributed by atoms with E-state index in [4.69, 9.17) is 0 Å². The molecule has 20 heavy (non-hydrogen) atoms. The lowest BCUT2D eigenvalue weighted by Gasteiger charge is -2.17. The molecule has 0 radical (unpaired) electrons. The van der Waals surface area contributed by atoms with Gasteiger partial charge in [0.2, 0.25) is 10.0 Å². The van der Waals surface area contributed by atoms with Crippen molar-refractivity contribution < 1.29 is 8.42 Å². The number of hydrogen-bond acceptors (Lipinski definition) is 3. The van der Waals surface area contributed by atoms with Crippen LogP contribution in [0.3, 0.4) is 0 Å². The minimum absolute atomic E-state index is 0.325. The molecule has 4 nitrogen and oxygen atoms in total. The molecule has 0 saturated heterocycles. The van der Waals surface area contributed by atoms with Crippen LogP contribution in [0.15, 0.2) is 53.7 Å². The molecular formula is C15H18N2O2S. The minimum Gasteiger partial charge on any atom is -0.265 e. The summed E-state index contributed by atoms with van der Waals surface area (Å²) in [5, 5.41) is 0. The van der Waals surface area contributed by atoms with Crippen molar-refractivity contribution in [1.82, 2.24) is 9.29 Å². The van der Waals surface area contributed by atoms with Gasteiger partial charge in [0.25, 0.3) is 0 Å². The minimum atomic E-state index is -3.45. The van der Waals surface area contributed by atoms with E-state index in [0.29, 0.717) is 11.4 Å². The Labute approximate surface area is 120 Å². The first-order valence-corrected chi connectivity index (χ1v) is 7.92. The van der Waals surface area contributed by atoms with Crippen LogP contribution in [0.1, 0.15) is 18.1 Å². The molecule has 0 fully saturated rings. The number of hydrogen-bond donors (Lipinski definition) is 0. The highest BCUT2D eigenvalue weighted by atomic mass is 32.2. The van der Waals surface area contributed by atoms with Crippen molar-refractivity contribution in [2.45, 2.75) is 24.8 Å². The Kier molecular flexibility index (Phi) is 4.52. The molecule has 0 spiro atoms. The summed E-state index contributed by atoms with van der Waals surface area (Å²) in [6, 6.07) is 10.7. The molecule has 0 bridgehead atoms. The van der Waals surface area contributed by atoms with Crippen LogP contribution in [0.25, 0.3) is 0 Å². The Bertz CT molecular complexity index is 652. The molecule has 0 aliphatic heterocycles. The number of aromatic nitrogens is 1. The second-order valence-corrected chi connectivity index (χ2v) is 6.66. The highest BCUT2D eigenvalue weighted by Gasteiger charge is 2.20. The Morgan fingerprint density at radius 2 is 1.60 bits per heavy atom. The molecule has 1 aromatic heterocycles. The van der Waals surface area contributed by atoms with Crippen LogP contribution in [-0.4, -0.2) is 24.8 Å². The van der Waals surface area contributed by atoms with Gasteiger partial charge in [0.05, 0.1) is 4.90 Å². The van der Waals surface area contributed by atoms with Crippen molar-refractivity contribution in [3.05, 3.63) is 59.9 Å². The fourth-order valence-electron chi connectivity index (χ4n) is 1.91. The number of nitrogens with zero attached hydrogens (tertiary/aromatic N) is 2. The van der Waals surface area contributed by atoms with E-state index in [0.717, 1.165) is 17.5 Å². The van der Waals surface area contributed by atoms with E-state index in [9.17, 15) is 8.42 Å². The summed E-state index contributed by atoms with van der Waals surface area (Å²) in [6.07, 6.45) is 4.21. The average molecular weight is 290 g/mol. The predicted octanol–water partition coefficient (Wildman–Crippen LogP) is 2.46. The molecule has 2 aromatic rings. The quantitative estimate of drug-likeness (QED) is 0.850. The van der Waals surface area contributed by atoms with Crippen LogP contribution in [-0.2, 0) is 23.0 Å². The van der Waals surface area contributed by atoms with Gasteiger partial charge < -0.3 is 0 Å². The van der Waals surface area contributed by atoms with Gasteiger partial charge in [-0.15, -0.1) is 0 Å². The van der Waals surface area contributed by atoms with E-state index in [1.54, 1.807) is 31.6 Å². The smallest absolute Gasteiger partial charge is 0.243 e. The maximum atomic E-state index is 12.4. The molecule has 0 saturated carbocycles. The van der Waals surface area contributed by atoms with Gasteiger partial charge in [0.1, 0.15) is 0 Å². The third-order valence-corrected chi connectivity index (χ3v) is 5.01. The monoisotopic (exact) mass is 290 g/mol. The Morgan fingerprint density at radius 1 is 1.00 bits per heavy atom. The number of aryl methyl sites for hydroxylation is 1. The van der Waals surface area contributed by atoms with E-state index in [-0.39, 0.29) is 0 Å². The predicted molar refractivity (Wildman–Crippen MR) is 78.7 cm³/mol. The molecule has 1 aromatic carbocycles. The highest BCUT2D eigenvalue weighted by molar-refractivity contribution is 7.89. The molecule has 0 aliphatic rings. The molecule has 0 aliphatic carbocycles. The van der Waals surface area contributed by atoms with Gasteiger partial charge in [-0.2, -0.15) is 4.31 Å². The summed E-state index contributed by atoms with van der Waals surface area (Å²) in [6.45, 7) is 2.37. The van der Waals surface area contributed by atoms with Gasteiger partial charge >= 0.3 is 0 Å². The summed E-state index contributed by atoms with van der Waals surface area (Å²) in [4.78, 5) is 4.25. The third kappa shape index (κ3) is 3.23. The van der Waals surface area contributed by atoms with Crippen molar-refractivity contribution in [3.63, 3.8) is 0 Å². The van der Waals surface area contributed by atoms with Crippen molar-refractivity contribution in [2.75, 3.05) is 7.05 Å². The van der Waals surface area contributed by atoms with Crippen LogP contribution in [0.2, 0.25) is 0 Å². The zero-order valence-corrected chi connectivity index (χ0v) is 12.5. The SMILES string of the molecule is CCc1ccc(S(=O)(=O)N(C)Cc2ccncc2)cc1. The highest BCUT2D eigenvalue weighted by Crippen LogP contribution is 2.17. The molecule has 2 rings (SSSR count). The molecule has 1 heterocycles. The third-order valence-electron chi connectivity index (χ3n) is 3.19. The number of rotatable bonds is 5. The average Bonchev–Trinajstić information content (AvgIpc) is 2.48. The Hall–Kier alpha value is -1.72. The first-order chi connectivity index (χ1) is 9.54. The van der Waals surface area contributed by atoms with Gasteiger partial charge in [-0.3, -0.25) is 4.98 Å². The first-order valence-electron chi connectivity index (χ1n) is 6.48.